The van der Waals surface area contributed by atoms with Crippen molar-refractivity contribution < 1.29 is 9.59 Å². The van der Waals surface area contributed by atoms with Gasteiger partial charge < -0.3 is 0 Å². The second-order valence-electron chi connectivity index (χ2n) is 4.82. The number of imide groups is 1. The minimum Gasteiger partial charge on any atom is -0.285 e. The maximum atomic E-state index is 12.2. The quantitative estimate of drug-likeness (QED) is 0.476. The first-order valence-electron chi connectivity index (χ1n) is 5.17. The SMILES string of the molecule is CN1C(=O)[C@@H]2[C@H](C1=O)[C@]1(Cl)C(Cl)=C(Cl)[C@]2(Cl)C1(Cl)Cl. The van der Waals surface area contributed by atoms with Crippen LogP contribution in [-0.2, 0) is 9.59 Å². The Bertz CT molecular complexity index is 528. The largest absolute Gasteiger partial charge is 0.285 e. The molecule has 1 aliphatic heterocycles. The Morgan fingerprint density at radius 3 is 1.53 bits per heavy atom. The fraction of sp³-hybridized carbons (Fsp3) is 0.600. The monoisotopic (exact) mass is 381 g/mol. The molecule has 2 bridgehead atoms. The van der Waals surface area contributed by atoms with E-state index >= 15 is 0 Å². The number of rotatable bonds is 0. The molecule has 4 atom stereocenters. The van der Waals surface area contributed by atoms with Crippen LogP contribution in [-0.4, -0.2) is 37.8 Å². The van der Waals surface area contributed by atoms with E-state index in [2.05, 4.69) is 0 Å². The molecular weight excluding hydrogens is 379 g/mol. The van der Waals surface area contributed by atoms with Gasteiger partial charge in [-0.3, -0.25) is 14.5 Å². The first-order valence-corrected chi connectivity index (χ1v) is 7.44. The van der Waals surface area contributed by atoms with E-state index in [1.807, 2.05) is 0 Å². The third-order valence-corrected chi connectivity index (χ3v) is 8.39. The van der Waals surface area contributed by atoms with Crippen molar-refractivity contribution in [3.05, 3.63) is 10.1 Å². The lowest BCUT2D eigenvalue weighted by atomic mass is 9.84. The molecule has 0 N–H and O–H groups in total. The van der Waals surface area contributed by atoms with Gasteiger partial charge in [0.1, 0.15) is 9.75 Å². The van der Waals surface area contributed by atoms with Gasteiger partial charge in [0.2, 0.25) is 11.8 Å². The first kappa shape index (κ1) is 14.6. The number of carbonyl (C=O) groups is 2. The third-order valence-electron chi connectivity index (χ3n) is 4.13. The van der Waals surface area contributed by atoms with Crippen molar-refractivity contribution in [2.45, 2.75) is 14.1 Å². The van der Waals surface area contributed by atoms with E-state index in [9.17, 15) is 9.59 Å². The number of likely N-dealkylation sites (tertiary alicyclic amines) is 1. The summed E-state index contributed by atoms with van der Waals surface area (Å²) in [5.74, 6) is -3.07. The van der Waals surface area contributed by atoms with Crippen LogP contribution in [0.2, 0.25) is 0 Å². The number of halogens is 6. The van der Waals surface area contributed by atoms with Gasteiger partial charge in [0.05, 0.1) is 21.9 Å². The van der Waals surface area contributed by atoms with Gasteiger partial charge in [0.15, 0.2) is 4.33 Å². The van der Waals surface area contributed by atoms with Gasteiger partial charge in [-0.05, 0) is 0 Å². The molecule has 2 fully saturated rings. The predicted molar refractivity (Wildman–Crippen MR) is 75.1 cm³/mol. The van der Waals surface area contributed by atoms with Crippen molar-refractivity contribution >= 4 is 81.4 Å². The lowest BCUT2D eigenvalue weighted by molar-refractivity contribution is -0.138. The Morgan fingerprint density at radius 2 is 1.21 bits per heavy atom. The number of hydrogen-bond acceptors (Lipinski definition) is 2. The molecule has 0 aromatic heterocycles. The van der Waals surface area contributed by atoms with E-state index < -0.39 is 37.7 Å². The summed E-state index contributed by atoms with van der Waals surface area (Å²) in [6.45, 7) is 0. The van der Waals surface area contributed by atoms with Crippen LogP contribution in [0.5, 0.6) is 0 Å². The summed E-state index contributed by atoms with van der Waals surface area (Å²) in [5, 5.41) is -0.151. The summed E-state index contributed by atoms with van der Waals surface area (Å²) in [6, 6.07) is 0. The van der Waals surface area contributed by atoms with E-state index in [0.29, 0.717) is 0 Å². The van der Waals surface area contributed by atoms with Crippen molar-refractivity contribution in [3.8, 4) is 0 Å². The minimum absolute atomic E-state index is 0.0754. The predicted octanol–water partition coefficient (Wildman–Crippen LogP) is 3.06. The summed E-state index contributed by atoms with van der Waals surface area (Å²) in [6.07, 6.45) is 0. The van der Waals surface area contributed by atoms with E-state index in [0.717, 1.165) is 4.90 Å². The zero-order valence-electron chi connectivity index (χ0n) is 9.19. The highest BCUT2D eigenvalue weighted by Gasteiger charge is 2.87. The summed E-state index contributed by atoms with van der Waals surface area (Å²) < 4.78 is -1.85. The highest BCUT2D eigenvalue weighted by molar-refractivity contribution is 6.66. The van der Waals surface area contributed by atoms with Crippen LogP contribution in [0.3, 0.4) is 0 Å². The van der Waals surface area contributed by atoms with Crippen LogP contribution in [0.1, 0.15) is 0 Å². The number of fused-ring (bicyclic) bond motifs is 5. The van der Waals surface area contributed by atoms with Gasteiger partial charge in [-0.25, -0.2) is 0 Å². The molecule has 3 nitrogen and oxygen atoms in total. The molecule has 9 heteroatoms. The molecule has 0 aromatic rings. The smallest absolute Gasteiger partial charge is 0.235 e. The van der Waals surface area contributed by atoms with E-state index in [-0.39, 0.29) is 10.1 Å². The maximum Gasteiger partial charge on any atom is 0.235 e. The molecule has 3 rings (SSSR count). The van der Waals surface area contributed by atoms with Crippen molar-refractivity contribution in [3.63, 3.8) is 0 Å². The third kappa shape index (κ3) is 1.16. The van der Waals surface area contributed by atoms with Gasteiger partial charge in [-0.15, -0.1) is 23.2 Å². The molecule has 0 unspecified atom stereocenters. The van der Waals surface area contributed by atoms with E-state index in [1.165, 1.54) is 7.05 Å². The number of nitrogens with zero attached hydrogens (tertiary/aromatic N) is 1. The first-order chi connectivity index (χ1) is 8.54. The van der Waals surface area contributed by atoms with Crippen LogP contribution in [0.4, 0.5) is 0 Å². The summed E-state index contributed by atoms with van der Waals surface area (Å²) in [5.41, 5.74) is 0. The topological polar surface area (TPSA) is 37.4 Å². The fourth-order valence-corrected chi connectivity index (χ4v) is 6.06. The average molecular weight is 384 g/mol. The molecule has 19 heavy (non-hydrogen) atoms. The van der Waals surface area contributed by atoms with Crippen LogP contribution in [0, 0.1) is 11.8 Å². The standard InChI is InChI=1S/C10H5Cl6NO2/c1-17-6(18)2-3(7(17)19)9(14)5(12)4(11)8(2,13)10(9,15)16/h2-3H,1H3/t2-,3+,8-,9-/m0/s1. The number of hydrogen-bond donors (Lipinski definition) is 0. The summed E-state index contributed by atoms with van der Waals surface area (Å²) >= 11 is 37.5. The molecule has 104 valence electrons. The van der Waals surface area contributed by atoms with Gasteiger partial charge >= 0.3 is 0 Å². The summed E-state index contributed by atoms with van der Waals surface area (Å²) in [4.78, 5) is 21.9. The lowest BCUT2D eigenvalue weighted by Gasteiger charge is -2.34. The molecule has 0 radical (unpaired) electrons. The van der Waals surface area contributed by atoms with Crippen LogP contribution in [0.15, 0.2) is 10.1 Å². The van der Waals surface area contributed by atoms with E-state index in [4.69, 9.17) is 69.6 Å². The number of amides is 2. The van der Waals surface area contributed by atoms with E-state index in [1.54, 1.807) is 0 Å². The van der Waals surface area contributed by atoms with Crippen LogP contribution in [0.25, 0.3) is 0 Å². The maximum absolute atomic E-state index is 12.2. The van der Waals surface area contributed by atoms with Gasteiger partial charge in [-0.2, -0.15) is 0 Å². The highest BCUT2D eigenvalue weighted by atomic mass is 35.5. The molecular formula is C10H5Cl6NO2. The van der Waals surface area contributed by atoms with Crippen LogP contribution < -0.4 is 0 Å². The number of carbonyl (C=O) groups excluding carboxylic acids is 2. The lowest BCUT2D eigenvalue weighted by Crippen LogP contribution is -2.49. The van der Waals surface area contributed by atoms with Crippen molar-refractivity contribution in [1.82, 2.24) is 4.90 Å². The Labute approximate surface area is 138 Å². The molecule has 2 aliphatic carbocycles. The number of allylic oxidation sites excluding steroid dienone is 2. The number of alkyl halides is 4. The molecule has 0 spiro atoms. The second-order valence-corrected chi connectivity index (χ2v) is 8.09. The summed E-state index contributed by atoms with van der Waals surface area (Å²) in [7, 11) is 1.34. The minimum atomic E-state index is -1.85. The van der Waals surface area contributed by atoms with Crippen LogP contribution >= 0.6 is 69.6 Å². The molecule has 3 aliphatic rings. The van der Waals surface area contributed by atoms with Crippen molar-refractivity contribution in [2.24, 2.45) is 11.8 Å². The zero-order valence-corrected chi connectivity index (χ0v) is 13.7. The zero-order chi connectivity index (χ0) is 14.5. The molecule has 2 amide bonds. The van der Waals surface area contributed by atoms with Crippen molar-refractivity contribution in [1.29, 1.82) is 0 Å². The van der Waals surface area contributed by atoms with Gasteiger partial charge in [0.25, 0.3) is 0 Å². The Morgan fingerprint density at radius 1 is 0.895 bits per heavy atom. The molecule has 1 saturated heterocycles. The Hall–Kier alpha value is 0.620. The molecule has 0 aromatic carbocycles. The second kappa shape index (κ2) is 3.68. The fourth-order valence-electron chi connectivity index (χ4n) is 3.13. The normalized spacial score (nSPS) is 47.4. The van der Waals surface area contributed by atoms with Gasteiger partial charge in [0, 0.05) is 7.05 Å². The average Bonchev–Trinajstić information content (AvgIpc) is 2.69. The van der Waals surface area contributed by atoms with Gasteiger partial charge in [-0.1, -0.05) is 46.4 Å². The van der Waals surface area contributed by atoms with Crippen molar-refractivity contribution in [2.75, 3.05) is 7.05 Å². The Balaban J connectivity index is 2.36. The molecule has 1 saturated carbocycles. The highest BCUT2D eigenvalue weighted by Crippen LogP contribution is 2.77. The Kier molecular flexibility index (Phi) is 2.82. The molecule has 1 heterocycles.